The second-order valence-corrected chi connectivity index (χ2v) is 6.40. The molecule has 3 heteroatoms. The summed E-state index contributed by atoms with van der Waals surface area (Å²) in [5.41, 5.74) is 0.861. The molecule has 1 heterocycles. The zero-order chi connectivity index (χ0) is 15.5. The molecule has 3 nitrogen and oxygen atoms in total. The van der Waals surface area contributed by atoms with Gasteiger partial charge in [0.05, 0.1) is 0 Å². The van der Waals surface area contributed by atoms with Gasteiger partial charge in [-0.3, -0.25) is 4.79 Å². The first-order valence-corrected chi connectivity index (χ1v) is 8.08. The summed E-state index contributed by atoms with van der Waals surface area (Å²) < 4.78 is 0. The molecule has 1 unspecified atom stereocenters. The molecule has 0 aromatic heterocycles. The van der Waals surface area contributed by atoms with Crippen LogP contribution in [0, 0.1) is 5.92 Å². The Morgan fingerprint density at radius 1 is 1.05 bits per heavy atom. The molecule has 0 amide bonds. The Hall–Kier alpha value is -1.71. The number of Topliss-reactive ketones (excluding diaryl/α,β-unsaturated/α-hetero) is 1. The maximum Gasteiger partial charge on any atom is 0.167 e. The van der Waals surface area contributed by atoms with Crippen LogP contribution >= 0.6 is 0 Å². The quantitative estimate of drug-likeness (QED) is 0.811. The molecule has 1 fully saturated rings. The van der Waals surface area contributed by atoms with Gasteiger partial charge in [0.1, 0.15) is 0 Å². The number of rotatable bonds is 4. The Kier molecular flexibility index (Phi) is 4.55. The molecule has 1 aliphatic rings. The van der Waals surface area contributed by atoms with Gasteiger partial charge in [-0.05, 0) is 17.8 Å². The van der Waals surface area contributed by atoms with Gasteiger partial charge in [-0.25, -0.2) is 0 Å². The second kappa shape index (κ2) is 6.59. The van der Waals surface area contributed by atoms with Gasteiger partial charge in [0.25, 0.3) is 0 Å². The number of ketones is 1. The Balaban J connectivity index is 1.75. The summed E-state index contributed by atoms with van der Waals surface area (Å²) in [6.07, 6.45) is 0. The van der Waals surface area contributed by atoms with E-state index in [4.69, 9.17) is 0 Å². The summed E-state index contributed by atoms with van der Waals surface area (Å²) in [5.74, 6) is 0.296. The lowest BCUT2D eigenvalue weighted by Crippen LogP contribution is -2.46. The van der Waals surface area contributed by atoms with E-state index in [1.54, 1.807) is 0 Å². The summed E-state index contributed by atoms with van der Waals surface area (Å²) in [6.45, 7) is 7.22. The van der Waals surface area contributed by atoms with Crippen LogP contribution in [0.1, 0.15) is 17.3 Å². The highest BCUT2D eigenvalue weighted by molar-refractivity contribution is 6.09. The van der Waals surface area contributed by atoms with Crippen LogP contribution in [0.4, 0.5) is 0 Å². The van der Waals surface area contributed by atoms with Crippen molar-refractivity contribution in [2.75, 3.05) is 39.8 Å². The number of hydrogen-bond acceptors (Lipinski definition) is 3. The first-order valence-electron chi connectivity index (χ1n) is 8.08. The van der Waals surface area contributed by atoms with Crippen molar-refractivity contribution in [3.63, 3.8) is 0 Å². The number of fused-ring (bicyclic) bond motifs is 1. The monoisotopic (exact) mass is 296 g/mol. The SMILES string of the molecule is CC(CN1CCN(C)CC1)C(=O)c1cccc2ccccc12. The van der Waals surface area contributed by atoms with Gasteiger partial charge in [0, 0.05) is 44.2 Å². The predicted molar refractivity (Wildman–Crippen MR) is 91.4 cm³/mol. The maximum absolute atomic E-state index is 12.9. The van der Waals surface area contributed by atoms with Crippen molar-refractivity contribution in [1.29, 1.82) is 0 Å². The zero-order valence-electron chi connectivity index (χ0n) is 13.5. The molecule has 0 saturated carbocycles. The van der Waals surface area contributed by atoms with E-state index in [1.807, 2.05) is 30.3 Å². The van der Waals surface area contributed by atoms with E-state index < -0.39 is 0 Å². The third-order valence-corrected chi connectivity index (χ3v) is 4.63. The molecule has 116 valence electrons. The van der Waals surface area contributed by atoms with Crippen LogP contribution in [0.5, 0.6) is 0 Å². The molecular weight excluding hydrogens is 272 g/mol. The fourth-order valence-electron chi connectivity index (χ4n) is 3.21. The molecule has 2 aromatic rings. The van der Waals surface area contributed by atoms with E-state index in [0.717, 1.165) is 49.1 Å². The molecule has 22 heavy (non-hydrogen) atoms. The minimum Gasteiger partial charge on any atom is -0.304 e. The summed E-state index contributed by atoms with van der Waals surface area (Å²) in [6, 6.07) is 14.2. The lowest BCUT2D eigenvalue weighted by atomic mass is 9.94. The van der Waals surface area contributed by atoms with Gasteiger partial charge >= 0.3 is 0 Å². The van der Waals surface area contributed by atoms with Crippen LogP contribution in [0.25, 0.3) is 10.8 Å². The van der Waals surface area contributed by atoms with Crippen molar-refractivity contribution < 1.29 is 4.79 Å². The molecule has 1 atom stereocenters. The molecule has 0 bridgehead atoms. The van der Waals surface area contributed by atoms with Crippen molar-refractivity contribution in [2.24, 2.45) is 5.92 Å². The average molecular weight is 296 g/mol. The lowest BCUT2D eigenvalue weighted by molar-refractivity contribution is 0.0856. The van der Waals surface area contributed by atoms with Crippen molar-refractivity contribution >= 4 is 16.6 Å². The highest BCUT2D eigenvalue weighted by Gasteiger charge is 2.22. The molecule has 1 aliphatic heterocycles. The topological polar surface area (TPSA) is 23.6 Å². The fourth-order valence-corrected chi connectivity index (χ4v) is 3.21. The van der Waals surface area contributed by atoms with E-state index in [-0.39, 0.29) is 11.7 Å². The van der Waals surface area contributed by atoms with Crippen LogP contribution in [-0.4, -0.2) is 55.4 Å². The highest BCUT2D eigenvalue weighted by atomic mass is 16.1. The van der Waals surface area contributed by atoms with E-state index in [1.165, 1.54) is 0 Å². The van der Waals surface area contributed by atoms with Crippen LogP contribution < -0.4 is 0 Å². The van der Waals surface area contributed by atoms with Crippen LogP contribution in [0.15, 0.2) is 42.5 Å². The summed E-state index contributed by atoms with van der Waals surface area (Å²) in [7, 11) is 2.15. The lowest BCUT2D eigenvalue weighted by Gasteiger charge is -2.33. The molecule has 0 spiro atoms. The highest BCUT2D eigenvalue weighted by Crippen LogP contribution is 2.22. The minimum atomic E-state index is 0.0363. The molecule has 0 radical (unpaired) electrons. The zero-order valence-corrected chi connectivity index (χ0v) is 13.5. The molecule has 1 saturated heterocycles. The number of benzene rings is 2. The van der Waals surface area contributed by atoms with Gasteiger partial charge < -0.3 is 9.80 Å². The van der Waals surface area contributed by atoms with Crippen LogP contribution in [-0.2, 0) is 0 Å². The van der Waals surface area contributed by atoms with Gasteiger partial charge in [-0.2, -0.15) is 0 Å². The van der Waals surface area contributed by atoms with Gasteiger partial charge in [0.15, 0.2) is 5.78 Å². The summed E-state index contributed by atoms with van der Waals surface area (Å²) in [5, 5.41) is 2.21. The van der Waals surface area contributed by atoms with Gasteiger partial charge in [0.2, 0.25) is 0 Å². The Morgan fingerprint density at radius 3 is 2.50 bits per heavy atom. The largest absolute Gasteiger partial charge is 0.304 e. The van der Waals surface area contributed by atoms with Gasteiger partial charge in [-0.1, -0.05) is 49.4 Å². The first-order chi connectivity index (χ1) is 10.6. The van der Waals surface area contributed by atoms with E-state index in [9.17, 15) is 4.79 Å². The van der Waals surface area contributed by atoms with E-state index in [2.05, 4.69) is 35.9 Å². The van der Waals surface area contributed by atoms with Crippen molar-refractivity contribution in [3.05, 3.63) is 48.0 Å². The molecular formula is C19H24N2O. The number of carbonyl (C=O) groups excluding carboxylic acids is 1. The van der Waals surface area contributed by atoms with Crippen molar-refractivity contribution in [3.8, 4) is 0 Å². The van der Waals surface area contributed by atoms with Gasteiger partial charge in [-0.15, -0.1) is 0 Å². The van der Waals surface area contributed by atoms with E-state index >= 15 is 0 Å². The average Bonchev–Trinajstić information content (AvgIpc) is 2.55. The van der Waals surface area contributed by atoms with Crippen molar-refractivity contribution in [1.82, 2.24) is 9.80 Å². The van der Waals surface area contributed by atoms with Crippen LogP contribution in [0.2, 0.25) is 0 Å². The number of likely N-dealkylation sites (N-methyl/N-ethyl adjacent to an activating group) is 1. The van der Waals surface area contributed by atoms with Crippen LogP contribution in [0.3, 0.4) is 0 Å². The Labute approximate surface area is 132 Å². The Bertz CT molecular complexity index is 654. The number of hydrogen-bond donors (Lipinski definition) is 0. The Morgan fingerprint density at radius 2 is 1.73 bits per heavy atom. The maximum atomic E-state index is 12.9. The molecule has 3 rings (SSSR count). The minimum absolute atomic E-state index is 0.0363. The summed E-state index contributed by atoms with van der Waals surface area (Å²) in [4.78, 5) is 17.6. The number of carbonyl (C=O) groups is 1. The third-order valence-electron chi connectivity index (χ3n) is 4.63. The van der Waals surface area contributed by atoms with Crippen molar-refractivity contribution in [2.45, 2.75) is 6.92 Å². The smallest absolute Gasteiger partial charge is 0.167 e. The fraction of sp³-hybridized carbons (Fsp3) is 0.421. The van der Waals surface area contributed by atoms with E-state index in [0.29, 0.717) is 0 Å². The third kappa shape index (κ3) is 3.21. The molecule has 0 N–H and O–H groups in total. The molecule has 2 aromatic carbocycles. The second-order valence-electron chi connectivity index (χ2n) is 6.40. The number of piperazine rings is 1. The predicted octanol–water partition coefficient (Wildman–Crippen LogP) is 2.91. The standard InChI is InChI=1S/C19H24N2O/c1-15(14-21-12-10-20(2)11-13-21)19(22)18-9-5-7-16-6-3-4-8-17(16)18/h3-9,15H,10-14H2,1-2H3. The number of nitrogens with zero attached hydrogens (tertiary/aromatic N) is 2. The first kappa shape index (κ1) is 15.2. The summed E-state index contributed by atoms with van der Waals surface area (Å²) >= 11 is 0. The molecule has 0 aliphatic carbocycles. The normalized spacial score (nSPS) is 18.5.